The van der Waals surface area contributed by atoms with Gasteiger partial charge in [0.1, 0.15) is 11.2 Å². The number of anilines is 1. The maximum Gasteiger partial charge on any atom is 0.180 e. The molecule has 34 heavy (non-hydrogen) atoms. The standard InChI is InChI=1S/C24H27FN6O3/c1-14-21(26)24(13-34-14)8-10-31(11-9-24)23-17(12-32)27-20-16(29-30-22(20)28-23)7-6-15-4-3-5-18(33-2)19(15)25/h3-5,14,21,32H,8-13,26H2,1-2H3,(H,28,29,30)/t14-,21+/m0/s1. The van der Waals surface area contributed by atoms with Gasteiger partial charge in [0, 0.05) is 24.5 Å². The number of nitrogens with two attached hydrogens (primary N) is 1. The normalized spacial score (nSPS) is 21.6. The number of aliphatic hydroxyl groups is 1. The van der Waals surface area contributed by atoms with Crippen molar-refractivity contribution in [2.45, 2.75) is 38.5 Å². The lowest BCUT2D eigenvalue weighted by Gasteiger charge is -2.41. The second-order valence-corrected chi connectivity index (χ2v) is 8.88. The Morgan fingerprint density at radius 1 is 1.32 bits per heavy atom. The van der Waals surface area contributed by atoms with Crippen molar-refractivity contribution < 1.29 is 19.0 Å². The quantitative estimate of drug-likeness (QED) is 0.499. The Morgan fingerprint density at radius 2 is 2.12 bits per heavy atom. The van der Waals surface area contributed by atoms with Gasteiger partial charge in [-0.25, -0.2) is 14.4 Å². The molecule has 1 spiro atoms. The third kappa shape index (κ3) is 3.76. The van der Waals surface area contributed by atoms with Crippen LogP contribution in [0.15, 0.2) is 18.2 Å². The van der Waals surface area contributed by atoms with Crippen molar-refractivity contribution in [2.24, 2.45) is 11.1 Å². The lowest BCUT2D eigenvalue weighted by Crippen LogP contribution is -2.51. The topological polar surface area (TPSA) is 122 Å². The highest BCUT2D eigenvalue weighted by atomic mass is 19.1. The van der Waals surface area contributed by atoms with Gasteiger partial charge in [0.25, 0.3) is 0 Å². The summed E-state index contributed by atoms with van der Waals surface area (Å²) >= 11 is 0. The molecule has 0 aliphatic carbocycles. The average molecular weight is 467 g/mol. The lowest BCUT2D eigenvalue weighted by molar-refractivity contribution is 0.0973. The van der Waals surface area contributed by atoms with E-state index in [-0.39, 0.29) is 35.5 Å². The molecule has 3 aromatic rings. The molecule has 1 aromatic carbocycles. The van der Waals surface area contributed by atoms with Gasteiger partial charge < -0.3 is 25.2 Å². The van der Waals surface area contributed by atoms with E-state index in [1.807, 2.05) is 6.92 Å². The summed E-state index contributed by atoms with van der Waals surface area (Å²) in [5, 5.41) is 17.1. The van der Waals surface area contributed by atoms with Gasteiger partial charge in [-0.2, -0.15) is 5.10 Å². The second kappa shape index (κ2) is 8.83. The van der Waals surface area contributed by atoms with Gasteiger partial charge in [-0.05, 0) is 37.8 Å². The van der Waals surface area contributed by atoms with Gasteiger partial charge in [0.15, 0.2) is 28.7 Å². The maximum absolute atomic E-state index is 14.4. The molecule has 0 saturated carbocycles. The van der Waals surface area contributed by atoms with Crippen LogP contribution < -0.4 is 15.4 Å². The molecule has 2 aliphatic rings. The number of aliphatic hydroxyl groups excluding tert-OH is 1. The summed E-state index contributed by atoms with van der Waals surface area (Å²) < 4.78 is 25.2. The number of aromatic nitrogens is 4. The highest BCUT2D eigenvalue weighted by Crippen LogP contribution is 2.42. The molecule has 4 heterocycles. The second-order valence-electron chi connectivity index (χ2n) is 8.88. The fraction of sp³-hybridized carbons (Fsp3) is 0.458. The number of ether oxygens (including phenoxy) is 2. The zero-order valence-corrected chi connectivity index (χ0v) is 19.1. The number of aromatic amines is 1. The van der Waals surface area contributed by atoms with E-state index in [0.717, 1.165) is 25.9 Å². The number of hydrogen-bond donors (Lipinski definition) is 3. The van der Waals surface area contributed by atoms with E-state index in [1.165, 1.54) is 13.2 Å². The van der Waals surface area contributed by atoms with Gasteiger partial charge in [-0.1, -0.05) is 12.0 Å². The van der Waals surface area contributed by atoms with Crippen LogP contribution in [-0.4, -0.2) is 64.2 Å². The molecule has 2 aromatic heterocycles. The summed E-state index contributed by atoms with van der Waals surface area (Å²) in [6, 6.07) is 4.77. The SMILES string of the molecule is COc1cccc(C#Cc2n[nH]c3nc(N4CCC5(CC4)CO[C@@H](C)[C@H]5N)c(CO)nc23)c1F. The number of piperidine rings is 1. The van der Waals surface area contributed by atoms with Crippen LogP contribution in [-0.2, 0) is 11.3 Å². The zero-order chi connectivity index (χ0) is 23.9. The minimum absolute atomic E-state index is 0.0149. The summed E-state index contributed by atoms with van der Waals surface area (Å²) in [6.07, 6.45) is 1.83. The predicted molar refractivity (Wildman–Crippen MR) is 124 cm³/mol. The third-order valence-corrected chi connectivity index (χ3v) is 7.00. The highest BCUT2D eigenvalue weighted by molar-refractivity contribution is 5.78. The van der Waals surface area contributed by atoms with Crippen molar-refractivity contribution in [1.82, 2.24) is 20.2 Å². The molecule has 0 amide bonds. The Hall–Kier alpha value is -3.26. The largest absolute Gasteiger partial charge is 0.494 e. The van der Waals surface area contributed by atoms with Crippen LogP contribution >= 0.6 is 0 Å². The summed E-state index contributed by atoms with van der Waals surface area (Å²) in [5.74, 6) is 5.84. The van der Waals surface area contributed by atoms with Gasteiger partial charge >= 0.3 is 0 Å². The molecule has 178 valence electrons. The first-order valence-electron chi connectivity index (χ1n) is 11.3. The average Bonchev–Trinajstić information content (AvgIpc) is 3.39. The minimum atomic E-state index is -0.536. The maximum atomic E-state index is 14.4. The summed E-state index contributed by atoms with van der Waals surface area (Å²) in [6.45, 7) is 3.91. The molecule has 5 rings (SSSR count). The van der Waals surface area contributed by atoms with E-state index in [9.17, 15) is 9.50 Å². The zero-order valence-electron chi connectivity index (χ0n) is 19.1. The number of methoxy groups -OCH3 is 1. The van der Waals surface area contributed by atoms with Crippen molar-refractivity contribution in [3.05, 3.63) is 41.0 Å². The molecular weight excluding hydrogens is 439 g/mol. The number of fused-ring (bicyclic) bond motifs is 1. The highest BCUT2D eigenvalue weighted by Gasteiger charge is 2.47. The summed E-state index contributed by atoms with van der Waals surface area (Å²) in [7, 11) is 1.40. The van der Waals surface area contributed by atoms with E-state index in [2.05, 4.69) is 31.9 Å². The summed E-state index contributed by atoms with van der Waals surface area (Å²) in [4.78, 5) is 11.4. The van der Waals surface area contributed by atoms with Crippen LogP contribution in [0.2, 0.25) is 0 Å². The van der Waals surface area contributed by atoms with Crippen LogP contribution in [0.25, 0.3) is 11.2 Å². The Labute approximate surface area is 196 Å². The molecule has 9 nitrogen and oxygen atoms in total. The number of rotatable bonds is 3. The molecule has 0 unspecified atom stereocenters. The Balaban J connectivity index is 1.42. The summed E-state index contributed by atoms with van der Waals surface area (Å²) in [5.41, 5.74) is 8.26. The number of benzene rings is 1. The molecule has 0 bridgehead atoms. The van der Waals surface area contributed by atoms with Gasteiger partial charge in [0.05, 0.1) is 32.0 Å². The van der Waals surface area contributed by atoms with Crippen molar-refractivity contribution in [3.8, 4) is 17.6 Å². The molecule has 0 radical (unpaired) electrons. The van der Waals surface area contributed by atoms with Crippen molar-refractivity contribution >= 4 is 17.0 Å². The number of H-pyrrole nitrogens is 1. The molecule has 2 aliphatic heterocycles. The number of nitrogens with one attached hydrogen (secondary N) is 1. The smallest absolute Gasteiger partial charge is 0.180 e. The van der Waals surface area contributed by atoms with Gasteiger partial charge in [-0.15, -0.1) is 0 Å². The van der Waals surface area contributed by atoms with E-state index < -0.39 is 5.82 Å². The van der Waals surface area contributed by atoms with Crippen molar-refractivity contribution in [2.75, 3.05) is 31.7 Å². The van der Waals surface area contributed by atoms with Crippen LogP contribution in [0.5, 0.6) is 5.75 Å². The minimum Gasteiger partial charge on any atom is -0.494 e. The molecule has 2 atom stereocenters. The van der Waals surface area contributed by atoms with Crippen molar-refractivity contribution in [1.29, 1.82) is 0 Å². The number of nitrogens with zero attached hydrogens (tertiary/aromatic N) is 4. The van der Waals surface area contributed by atoms with Crippen LogP contribution in [0, 0.1) is 23.1 Å². The van der Waals surface area contributed by atoms with E-state index >= 15 is 0 Å². The molecule has 10 heteroatoms. The Morgan fingerprint density at radius 3 is 2.79 bits per heavy atom. The van der Waals surface area contributed by atoms with E-state index in [4.69, 9.17) is 20.2 Å². The number of hydrogen-bond acceptors (Lipinski definition) is 8. The van der Waals surface area contributed by atoms with Crippen molar-refractivity contribution in [3.63, 3.8) is 0 Å². The molecule has 4 N–H and O–H groups in total. The first-order chi connectivity index (χ1) is 16.5. The molecule has 2 fully saturated rings. The number of halogens is 1. The molecular formula is C24H27FN6O3. The van der Waals surface area contributed by atoms with Crippen LogP contribution in [0.3, 0.4) is 0 Å². The fourth-order valence-corrected chi connectivity index (χ4v) is 4.84. The Kier molecular flexibility index (Phi) is 5.85. The first-order valence-corrected chi connectivity index (χ1v) is 11.3. The predicted octanol–water partition coefficient (Wildman–Crippen LogP) is 1.73. The van der Waals surface area contributed by atoms with Gasteiger partial charge in [0.2, 0.25) is 0 Å². The van der Waals surface area contributed by atoms with Crippen LogP contribution in [0.4, 0.5) is 10.2 Å². The monoisotopic (exact) mass is 466 g/mol. The Bertz CT molecular complexity index is 1270. The lowest BCUT2D eigenvalue weighted by atomic mass is 9.73. The molecule has 2 saturated heterocycles. The third-order valence-electron chi connectivity index (χ3n) is 7.00. The van der Waals surface area contributed by atoms with E-state index in [1.54, 1.807) is 12.1 Å². The van der Waals surface area contributed by atoms with Gasteiger partial charge in [-0.3, -0.25) is 5.10 Å². The van der Waals surface area contributed by atoms with E-state index in [0.29, 0.717) is 35.0 Å². The fourth-order valence-electron chi connectivity index (χ4n) is 4.84. The van der Waals surface area contributed by atoms with Crippen LogP contribution in [0.1, 0.15) is 36.7 Å². The first kappa shape index (κ1) is 22.5.